The SMILES string of the molecule is C1=CC2C=CC3C=Cc4ccc5ccc6ccc1c1c2c3c4c5c61. The fourth-order valence-electron chi connectivity index (χ4n) is 5.25. The summed E-state index contributed by atoms with van der Waals surface area (Å²) in [6, 6.07) is 13.8. The molecule has 7 rings (SSSR count). The van der Waals surface area contributed by atoms with Gasteiger partial charge in [-0.05, 0) is 54.6 Å². The Morgan fingerprint density at radius 2 is 0.917 bits per heavy atom. The van der Waals surface area contributed by atoms with Crippen LogP contribution < -0.4 is 0 Å². The molecule has 0 nitrogen and oxygen atoms in total. The Morgan fingerprint density at radius 1 is 0.458 bits per heavy atom. The summed E-state index contributed by atoms with van der Waals surface area (Å²) < 4.78 is 0. The second kappa shape index (κ2) is 3.62. The molecule has 0 radical (unpaired) electrons. The van der Waals surface area contributed by atoms with E-state index < -0.39 is 0 Å². The molecule has 4 aromatic carbocycles. The molecule has 0 heteroatoms. The Morgan fingerprint density at radius 3 is 1.42 bits per heavy atom. The Balaban J connectivity index is 1.94. The fraction of sp³-hybridized carbons (Fsp3) is 0.0833. The van der Waals surface area contributed by atoms with E-state index >= 15 is 0 Å². The minimum atomic E-state index is 0.428. The van der Waals surface area contributed by atoms with E-state index in [-0.39, 0.29) is 0 Å². The van der Waals surface area contributed by atoms with E-state index in [1.807, 2.05) is 0 Å². The van der Waals surface area contributed by atoms with E-state index in [2.05, 4.69) is 72.9 Å². The van der Waals surface area contributed by atoms with Crippen LogP contribution in [0.15, 0.2) is 60.7 Å². The first-order chi connectivity index (χ1) is 11.9. The van der Waals surface area contributed by atoms with Crippen molar-refractivity contribution in [3.8, 4) is 0 Å². The van der Waals surface area contributed by atoms with Gasteiger partial charge in [0.15, 0.2) is 0 Å². The van der Waals surface area contributed by atoms with Crippen LogP contribution in [0.5, 0.6) is 0 Å². The van der Waals surface area contributed by atoms with Gasteiger partial charge in [-0.2, -0.15) is 0 Å². The molecular weight excluding hydrogens is 288 g/mol. The van der Waals surface area contributed by atoms with Crippen LogP contribution in [0, 0.1) is 0 Å². The third kappa shape index (κ3) is 1.12. The third-order valence-electron chi connectivity index (χ3n) is 6.22. The van der Waals surface area contributed by atoms with E-state index in [1.54, 1.807) is 11.1 Å². The maximum absolute atomic E-state index is 2.39. The number of allylic oxidation sites excluding steroid dienone is 4. The smallest absolute Gasteiger partial charge is 0.0212 e. The van der Waals surface area contributed by atoms with Crippen LogP contribution in [0.4, 0.5) is 0 Å². The summed E-state index contributed by atoms with van der Waals surface area (Å²) in [5.74, 6) is 0.856. The molecule has 0 aromatic heterocycles. The first kappa shape index (κ1) is 11.6. The quantitative estimate of drug-likeness (QED) is 0.261. The van der Waals surface area contributed by atoms with Gasteiger partial charge in [-0.25, -0.2) is 0 Å². The van der Waals surface area contributed by atoms with Gasteiger partial charge in [-0.3, -0.25) is 0 Å². The van der Waals surface area contributed by atoms with Crippen LogP contribution >= 0.6 is 0 Å². The van der Waals surface area contributed by atoms with Crippen LogP contribution in [-0.4, -0.2) is 0 Å². The predicted molar refractivity (Wildman–Crippen MR) is 103 cm³/mol. The summed E-state index contributed by atoms with van der Waals surface area (Å²) in [4.78, 5) is 0. The van der Waals surface area contributed by atoms with Gasteiger partial charge < -0.3 is 0 Å². The maximum Gasteiger partial charge on any atom is 0.0212 e. The van der Waals surface area contributed by atoms with E-state index in [1.165, 1.54) is 43.4 Å². The number of hydrogen-bond donors (Lipinski definition) is 0. The van der Waals surface area contributed by atoms with Crippen molar-refractivity contribution in [2.24, 2.45) is 0 Å². The molecule has 3 aliphatic carbocycles. The molecular formula is C24H14. The highest BCUT2D eigenvalue weighted by Crippen LogP contribution is 2.52. The normalized spacial score (nSPS) is 22.5. The summed E-state index contributed by atoms with van der Waals surface area (Å²) in [5.41, 5.74) is 5.88. The zero-order chi connectivity index (χ0) is 15.4. The van der Waals surface area contributed by atoms with Crippen LogP contribution in [0.1, 0.15) is 34.1 Å². The lowest BCUT2D eigenvalue weighted by Crippen LogP contribution is -2.14. The number of rotatable bonds is 0. The first-order valence-corrected chi connectivity index (χ1v) is 8.72. The molecule has 0 heterocycles. The van der Waals surface area contributed by atoms with Crippen molar-refractivity contribution in [1.82, 2.24) is 0 Å². The fourth-order valence-corrected chi connectivity index (χ4v) is 5.25. The lowest BCUT2D eigenvalue weighted by molar-refractivity contribution is 0.948. The Hall–Kier alpha value is -2.86. The topological polar surface area (TPSA) is 0 Å². The molecule has 2 atom stereocenters. The number of benzene rings is 4. The Bertz CT molecular complexity index is 1200. The molecule has 0 spiro atoms. The Kier molecular flexibility index (Phi) is 1.76. The molecule has 0 saturated carbocycles. The highest BCUT2D eigenvalue weighted by molar-refractivity contribution is 6.28. The summed E-state index contributed by atoms with van der Waals surface area (Å²) in [5, 5.41) is 8.68. The molecule has 0 N–H and O–H groups in total. The predicted octanol–water partition coefficient (Wildman–Crippen LogP) is 6.37. The molecule has 2 unspecified atom stereocenters. The molecule has 4 aromatic rings. The lowest BCUT2D eigenvalue weighted by atomic mass is 9.70. The van der Waals surface area contributed by atoms with Crippen LogP contribution in [0.2, 0.25) is 0 Å². The van der Waals surface area contributed by atoms with E-state index in [9.17, 15) is 0 Å². The van der Waals surface area contributed by atoms with Gasteiger partial charge in [0, 0.05) is 11.8 Å². The zero-order valence-corrected chi connectivity index (χ0v) is 13.1. The van der Waals surface area contributed by atoms with Crippen molar-refractivity contribution in [3.05, 3.63) is 83.0 Å². The minimum absolute atomic E-state index is 0.428. The van der Waals surface area contributed by atoms with Crippen molar-refractivity contribution in [3.63, 3.8) is 0 Å². The molecule has 0 aliphatic heterocycles. The van der Waals surface area contributed by atoms with Crippen LogP contribution in [0.3, 0.4) is 0 Å². The monoisotopic (exact) mass is 302 g/mol. The molecule has 3 aliphatic rings. The van der Waals surface area contributed by atoms with Crippen molar-refractivity contribution in [2.45, 2.75) is 11.8 Å². The van der Waals surface area contributed by atoms with Gasteiger partial charge in [-0.15, -0.1) is 0 Å². The highest BCUT2D eigenvalue weighted by Gasteiger charge is 2.31. The third-order valence-corrected chi connectivity index (χ3v) is 6.22. The van der Waals surface area contributed by atoms with Crippen molar-refractivity contribution in [1.29, 1.82) is 0 Å². The zero-order valence-electron chi connectivity index (χ0n) is 13.1. The highest BCUT2D eigenvalue weighted by atomic mass is 14.3. The Labute approximate surface area is 139 Å². The van der Waals surface area contributed by atoms with E-state index in [4.69, 9.17) is 0 Å². The van der Waals surface area contributed by atoms with E-state index in [0.717, 1.165) is 0 Å². The molecule has 0 saturated heterocycles. The molecule has 0 amide bonds. The standard InChI is InChI=1S/C24H14/c1-2-14-5-6-16-9-11-18-12-10-17-8-7-15-4-3-13(1)19-20(14)22(16)24(18)23(17)21(15)19/h1-14H. The van der Waals surface area contributed by atoms with Crippen molar-refractivity contribution >= 4 is 44.5 Å². The summed E-state index contributed by atoms with van der Waals surface area (Å²) in [7, 11) is 0. The maximum atomic E-state index is 2.39. The van der Waals surface area contributed by atoms with Crippen LogP contribution in [0.25, 0.3) is 44.5 Å². The van der Waals surface area contributed by atoms with Gasteiger partial charge in [0.2, 0.25) is 0 Å². The molecule has 0 fully saturated rings. The second-order valence-electron chi connectivity index (χ2n) is 7.30. The van der Waals surface area contributed by atoms with E-state index in [0.29, 0.717) is 11.8 Å². The number of hydrogen-bond acceptors (Lipinski definition) is 0. The van der Waals surface area contributed by atoms with Gasteiger partial charge >= 0.3 is 0 Å². The average molecular weight is 302 g/mol. The summed E-state index contributed by atoms with van der Waals surface area (Å²) in [6.07, 6.45) is 14.2. The average Bonchev–Trinajstić information content (AvgIpc) is 2.65. The summed E-state index contributed by atoms with van der Waals surface area (Å²) in [6.45, 7) is 0. The van der Waals surface area contributed by atoms with Crippen molar-refractivity contribution < 1.29 is 0 Å². The van der Waals surface area contributed by atoms with Gasteiger partial charge in [0.25, 0.3) is 0 Å². The van der Waals surface area contributed by atoms with Gasteiger partial charge in [0.1, 0.15) is 0 Å². The van der Waals surface area contributed by atoms with Gasteiger partial charge in [0.05, 0.1) is 0 Å². The van der Waals surface area contributed by atoms with Crippen LogP contribution in [-0.2, 0) is 0 Å². The molecule has 24 heavy (non-hydrogen) atoms. The summed E-state index contributed by atoms with van der Waals surface area (Å²) >= 11 is 0. The lowest BCUT2D eigenvalue weighted by Gasteiger charge is -2.33. The molecule has 110 valence electrons. The van der Waals surface area contributed by atoms with Crippen molar-refractivity contribution in [2.75, 3.05) is 0 Å². The first-order valence-electron chi connectivity index (χ1n) is 8.72. The second-order valence-corrected chi connectivity index (χ2v) is 7.30. The largest absolute Gasteiger partial charge is 0.0763 e. The van der Waals surface area contributed by atoms with Gasteiger partial charge in [-0.1, -0.05) is 72.9 Å². The minimum Gasteiger partial charge on any atom is -0.0763 e. The molecule has 0 bridgehead atoms.